The maximum absolute atomic E-state index is 12.6. The summed E-state index contributed by atoms with van der Waals surface area (Å²) in [6, 6.07) is -1.55. The number of carbonyl (C=O) groups excluding carboxylic acids is 2. The molecule has 2 unspecified atom stereocenters. The minimum Gasteiger partial charge on any atom is -0.480 e. The first kappa shape index (κ1) is 53.4. The molecule has 322 valence electrons. The van der Waals surface area contributed by atoms with Gasteiger partial charge in [-0.05, 0) is 77.0 Å². The van der Waals surface area contributed by atoms with E-state index in [1.807, 2.05) is 36.5 Å². The van der Waals surface area contributed by atoms with Gasteiger partial charge in [0.05, 0.1) is 19.3 Å². The van der Waals surface area contributed by atoms with E-state index < -0.39 is 63.8 Å². The number of nitrogens with two attached hydrogens (primary N) is 1. The standard InChI is InChI=1S/C44H70NO11P/c1-3-5-7-8-9-10-11-12-13-14-15-16-17-20-23-26-30-34-42(47)53-36-40(37-54-57(51,52)55-38-41(45)44(49)50)56-43(48)35-31-27-24-21-18-19-22-25-29-33-39(46)32-28-6-4-2/h5-7,9-10,12-13,15-16,20,22-23,25,28-29,33,39-41,46H,3-4,8,11,14,17-19,21,24,26-27,30-32,34-38,45H2,1-2H3,(H,49,50)(H,51,52)/b7-5-,10-9-,13-12-,16-15-,23-20-,25-22+,28-6+,33-29+/t39?,40-,41+/m1/s1. The molecule has 0 saturated heterocycles. The van der Waals surface area contributed by atoms with Crippen LogP contribution in [0.4, 0.5) is 0 Å². The van der Waals surface area contributed by atoms with Crippen LogP contribution in [-0.2, 0) is 37.5 Å². The largest absolute Gasteiger partial charge is 0.480 e. The topological polar surface area (TPSA) is 192 Å². The van der Waals surface area contributed by atoms with E-state index in [2.05, 4.69) is 73.1 Å². The number of hydrogen-bond acceptors (Lipinski definition) is 10. The quantitative estimate of drug-likeness (QED) is 0.0154. The van der Waals surface area contributed by atoms with Gasteiger partial charge >= 0.3 is 25.7 Å². The second kappa shape index (κ2) is 37.9. The van der Waals surface area contributed by atoms with Gasteiger partial charge in [-0.2, -0.15) is 0 Å². The molecule has 0 bridgehead atoms. The highest BCUT2D eigenvalue weighted by Gasteiger charge is 2.28. The smallest absolute Gasteiger partial charge is 0.472 e. The molecule has 0 radical (unpaired) electrons. The predicted molar refractivity (Wildman–Crippen MR) is 227 cm³/mol. The number of esters is 2. The lowest BCUT2D eigenvalue weighted by Crippen LogP contribution is -2.34. The van der Waals surface area contributed by atoms with Crippen molar-refractivity contribution in [2.24, 2.45) is 5.73 Å². The summed E-state index contributed by atoms with van der Waals surface area (Å²) >= 11 is 0. The number of aliphatic hydroxyl groups excluding tert-OH is 1. The summed E-state index contributed by atoms with van der Waals surface area (Å²) in [6.45, 7) is 2.35. The van der Waals surface area contributed by atoms with Crippen molar-refractivity contribution < 1.29 is 52.6 Å². The van der Waals surface area contributed by atoms with Gasteiger partial charge in [0.1, 0.15) is 12.6 Å². The molecule has 0 saturated carbocycles. The molecule has 0 aliphatic carbocycles. The molecule has 0 spiro atoms. The number of rotatable bonds is 36. The summed E-state index contributed by atoms with van der Waals surface area (Å²) in [4.78, 5) is 45.9. The Balaban J connectivity index is 4.59. The molecule has 57 heavy (non-hydrogen) atoms. The number of allylic oxidation sites excluding steroid dienone is 14. The van der Waals surface area contributed by atoms with Crippen LogP contribution >= 0.6 is 7.82 Å². The average Bonchev–Trinajstić information content (AvgIpc) is 3.18. The fourth-order valence-electron chi connectivity index (χ4n) is 4.72. The fourth-order valence-corrected chi connectivity index (χ4v) is 5.50. The van der Waals surface area contributed by atoms with Gasteiger partial charge in [-0.15, -0.1) is 0 Å². The van der Waals surface area contributed by atoms with E-state index in [0.29, 0.717) is 25.7 Å². The van der Waals surface area contributed by atoms with Gasteiger partial charge in [0.25, 0.3) is 0 Å². The van der Waals surface area contributed by atoms with Crippen molar-refractivity contribution in [1.29, 1.82) is 0 Å². The number of hydrogen-bond donors (Lipinski definition) is 4. The zero-order valence-corrected chi connectivity index (χ0v) is 35.1. The van der Waals surface area contributed by atoms with Gasteiger partial charge in [-0.3, -0.25) is 23.4 Å². The van der Waals surface area contributed by atoms with Crippen molar-refractivity contribution in [2.45, 2.75) is 141 Å². The minimum atomic E-state index is -4.75. The summed E-state index contributed by atoms with van der Waals surface area (Å²) in [5.41, 5.74) is 5.32. The van der Waals surface area contributed by atoms with Crippen molar-refractivity contribution in [3.63, 3.8) is 0 Å². The van der Waals surface area contributed by atoms with Crippen molar-refractivity contribution in [2.75, 3.05) is 19.8 Å². The van der Waals surface area contributed by atoms with Gasteiger partial charge in [0, 0.05) is 12.8 Å². The Morgan fingerprint density at radius 1 is 0.632 bits per heavy atom. The Bertz CT molecular complexity index is 1350. The molecule has 0 aliphatic rings. The van der Waals surface area contributed by atoms with Gasteiger partial charge < -0.3 is 30.3 Å². The monoisotopic (exact) mass is 819 g/mol. The molecule has 12 nitrogen and oxygen atoms in total. The number of unbranched alkanes of at least 4 members (excludes halogenated alkanes) is 6. The zero-order chi connectivity index (χ0) is 42.2. The summed E-state index contributed by atoms with van der Waals surface area (Å²) < 4.78 is 32.5. The van der Waals surface area contributed by atoms with E-state index in [1.54, 1.807) is 6.08 Å². The van der Waals surface area contributed by atoms with Crippen LogP contribution in [0.25, 0.3) is 0 Å². The molecule has 4 atom stereocenters. The maximum atomic E-state index is 12.6. The summed E-state index contributed by atoms with van der Waals surface area (Å²) in [6.07, 6.45) is 43.8. The first-order chi connectivity index (χ1) is 27.5. The van der Waals surface area contributed by atoms with Gasteiger partial charge in [0.2, 0.25) is 0 Å². The van der Waals surface area contributed by atoms with Crippen molar-refractivity contribution >= 4 is 25.7 Å². The van der Waals surface area contributed by atoms with E-state index in [-0.39, 0.29) is 12.8 Å². The van der Waals surface area contributed by atoms with E-state index in [1.165, 1.54) is 0 Å². The molecule has 0 fully saturated rings. The number of carboxylic acid groups (broad SMARTS) is 1. The van der Waals surface area contributed by atoms with Crippen LogP contribution in [0.3, 0.4) is 0 Å². The Morgan fingerprint density at radius 2 is 1.16 bits per heavy atom. The van der Waals surface area contributed by atoms with Gasteiger partial charge in [-0.25, -0.2) is 4.57 Å². The van der Waals surface area contributed by atoms with Crippen molar-refractivity contribution in [3.8, 4) is 0 Å². The third kappa shape index (κ3) is 37.7. The molecular formula is C44H70NO11P. The lowest BCUT2D eigenvalue weighted by Gasteiger charge is -2.20. The number of phosphoric acid groups is 1. The van der Waals surface area contributed by atoms with Crippen LogP contribution in [-0.4, -0.2) is 71.1 Å². The van der Waals surface area contributed by atoms with Crippen LogP contribution in [0.1, 0.15) is 123 Å². The first-order valence-corrected chi connectivity index (χ1v) is 21.9. The minimum absolute atomic E-state index is 0.0961. The second-order valence-electron chi connectivity index (χ2n) is 13.2. The Kier molecular flexibility index (Phi) is 35.5. The first-order valence-electron chi connectivity index (χ1n) is 20.4. The third-order valence-electron chi connectivity index (χ3n) is 7.91. The maximum Gasteiger partial charge on any atom is 0.472 e. The third-order valence-corrected chi connectivity index (χ3v) is 8.86. The van der Waals surface area contributed by atoms with E-state index in [9.17, 15) is 28.9 Å². The number of phosphoric ester groups is 1. The average molecular weight is 820 g/mol. The summed E-state index contributed by atoms with van der Waals surface area (Å²) in [5.74, 6) is -2.54. The van der Waals surface area contributed by atoms with Gasteiger partial charge in [-0.1, -0.05) is 130 Å². The lowest BCUT2D eigenvalue weighted by atomic mass is 10.1. The zero-order valence-electron chi connectivity index (χ0n) is 34.2. The van der Waals surface area contributed by atoms with Crippen LogP contribution < -0.4 is 5.73 Å². The molecule has 0 aromatic heterocycles. The van der Waals surface area contributed by atoms with Crippen LogP contribution in [0.5, 0.6) is 0 Å². The molecule has 0 heterocycles. The highest BCUT2D eigenvalue weighted by atomic mass is 31.2. The number of aliphatic hydroxyl groups is 1. The van der Waals surface area contributed by atoms with E-state index in [4.69, 9.17) is 24.8 Å². The van der Waals surface area contributed by atoms with Crippen molar-refractivity contribution in [3.05, 3.63) is 97.2 Å². The fraction of sp³-hybridized carbons (Fsp3) is 0.568. The lowest BCUT2D eigenvalue weighted by molar-refractivity contribution is -0.161. The molecule has 13 heteroatoms. The Morgan fingerprint density at radius 3 is 1.79 bits per heavy atom. The normalized spacial score (nSPS) is 15.3. The van der Waals surface area contributed by atoms with Crippen LogP contribution in [0.2, 0.25) is 0 Å². The molecule has 0 rings (SSSR count). The predicted octanol–water partition coefficient (Wildman–Crippen LogP) is 9.47. The van der Waals surface area contributed by atoms with E-state index in [0.717, 1.165) is 70.6 Å². The highest BCUT2D eigenvalue weighted by Crippen LogP contribution is 2.43. The van der Waals surface area contributed by atoms with Gasteiger partial charge in [0.15, 0.2) is 6.10 Å². The number of aliphatic carboxylic acids is 1. The van der Waals surface area contributed by atoms with Crippen molar-refractivity contribution in [1.82, 2.24) is 0 Å². The highest BCUT2D eigenvalue weighted by molar-refractivity contribution is 7.47. The molecule has 0 amide bonds. The Hall–Kier alpha value is -3.64. The van der Waals surface area contributed by atoms with Crippen LogP contribution in [0, 0.1) is 0 Å². The summed E-state index contributed by atoms with van der Waals surface area (Å²) in [5, 5.41) is 18.7. The molecule has 0 aromatic rings. The molecule has 0 aliphatic heterocycles. The Labute approximate surface area is 341 Å². The molecule has 0 aromatic carbocycles. The molecular weight excluding hydrogens is 749 g/mol. The number of carbonyl (C=O) groups is 3. The SMILES string of the molecule is CC/C=C\C/C=C\C/C=C\C/C=C\C/C=C\CCCC(=O)OC[C@H](COP(=O)(O)OC[C@H](N)C(=O)O)OC(=O)CCCCCCC/C=C/C=C/C(O)C/C=C/CC. The second-order valence-corrected chi connectivity index (χ2v) is 14.7. The number of ether oxygens (including phenoxy) is 2. The summed E-state index contributed by atoms with van der Waals surface area (Å²) in [7, 11) is -4.75. The number of carboxylic acids is 1. The van der Waals surface area contributed by atoms with E-state index >= 15 is 0 Å². The molecule has 5 N–H and O–H groups in total. The van der Waals surface area contributed by atoms with Crippen LogP contribution in [0.15, 0.2) is 97.2 Å².